The van der Waals surface area contributed by atoms with Gasteiger partial charge < -0.3 is 14.5 Å². The third-order valence-corrected chi connectivity index (χ3v) is 7.02. The zero-order valence-corrected chi connectivity index (χ0v) is 22.5. The Balaban J connectivity index is 1.75. The quantitative estimate of drug-likeness (QED) is 0.179. The fourth-order valence-corrected chi connectivity index (χ4v) is 4.67. The maximum atomic E-state index is 12.8. The van der Waals surface area contributed by atoms with Crippen LogP contribution in [0.1, 0.15) is 10.4 Å². The van der Waals surface area contributed by atoms with Crippen LogP contribution in [0.3, 0.4) is 0 Å². The molecule has 4 aromatic rings. The Morgan fingerprint density at radius 3 is 2.18 bits per heavy atom. The second-order valence-corrected chi connectivity index (χ2v) is 11.9. The molecule has 0 saturated carbocycles. The van der Waals surface area contributed by atoms with Crippen molar-refractivity contribution in [2.24, 2.45) is 0 Å². The summed E-state index contributed by atoms with van der Waals surface area (Å²) in [6.07, 6.45) is -1.34. The molecule has 0 radical (unpaired) electrons. The summed E-state index contributed by atoms with van der Waals surface area (Å²) in [5, 5.41) is 2.62. The van der Waals surface area contributed by atoms with Crippen molar-refractivity contribution in [1.29, 1.82) is 0 Å². The van der Waals surface area contributed by atoms with Crippen LogP contribution in [0.2, 0.25) is 0 Å². The number of carbonyl (C=O) groups excluding carboxylic acids is 1. The molecule has 5 nitrogen and oxygen atoms in total. The van der Waals surface area contributed by atoms with Crippen LogP contribution < -0.4 is 15.0 Å². The van der Waals surface area contributed by atoms with Gasteiger partial charge in [-0.05, 0) is 54.1 Å². The highest BCUT2D eigenvalue weighted by Crippen LogP contribution is 2.41. The highest BCUT2D eigenvalue weighted by atomic mass is 79.9. The molecule has 1 atom stereocenters. The smallest absolute Gasteiger partial charge is 0.396 e. The van der Waals surface area contributed by atoms with Crippen molar-refractivity contribution in [2.75, 3.05) is 0 Å². The number of rotatable bonds is 5. The van der Waals surface area contributed by atoms with Gasteiger partial charge in [-0.2, -0.15) is 0 Å². The molecule has 11 heteroatoms. The molecule has 0 fully saturated rings. The standard InChI is InChI=1S/C22H12Br2Cl3NO4S/c23-13-5-1-11(2-6-13)17-15(9-10-16-18(17)33-21(30)32-16)31-20(22(25,26)27)28-19(29)12-3-7-14(24)8-4-12/h1-10,20H,(H,28,29)/t20-/m1/s1. The van der Waals surface area contributed by atoms with Gasteiger partial charge in [-0.25, -0.2) is 4.79 Å². The number of halogens is 5. The van der Waals surface area contributed by atoms with Gasteiger partial charge in [0.05, 0.1) is 4.70 Å². The second kappa shape index (κ2) is 9.98. The molecule has 4 rings (SSSR count). The summed E-state index contributed by atoms with van der Waals surface area (Å²) in [5.74, 6) is -0.188. The Morgan fingerprint density at radius 1 is 0.970 bits per heavy atom. The third kappa shape index (κ3) is 5.75. The summed E-state index contributed by atoms with van der Waals surface area (Å²) < 4.78 is 11.6. The molecule has 170 valence electrons. The van der Waals surface area contributed by atoms with Crippen molar-refractivity contribution < 1.29 is 13.9 Å². The predicted octanol–water partition coefficient (Wildman–Crippen LogP) is 7.55. The van der Waals surface area contributed by atoms with E-state index in [0.29, 0.717) is 27.2 Å². The largest absolute Gasteiger partial charge is 0.465 e. The first kappa shape index (κ1) is 24.6. The Kier molecular flexibility index (Phi) is 7.43. The minimum Gasteiger partial charge on any atom is -0.465 e. The van der Waals surface area contributed by atoms with Gasteiger partial charge in [-0.3, -0.25) is 4.79 Å². The van der Waals surface area contributed by atoms with Crippen LogP contribution in [0.15, 0.2) is 78.8 Å². The van der Waals surface area contributed by atoms with Crippen molar-refractivity contribution in [3.05, 3.63) is 84.9 Å². The summed E-state index contributed by atoms with van der Waals surface area (Å²) in [7, 11) is 0. The summed E-state index contributed by atoms with van der Waals surface area (Å²) in [5.41, 5.74) is 2.09. The minimum atomic E-state index is -2.00. The van der Waals surface area contributed by atoms with Gasteiger partial charge in [0.15, 0.2) is 0 Å². The van der Waals surface area contributed by atoms with Crippen LogP contribution >= 0.6 is 78.0 Å². The lowest BCUT2D eigenvalue weighted by molar-refractivity contribution is 0.0834. The molecule has 0 unspecified atom stereocenters. The maximum Gasteiger partial charge on any atom is 0.396 e. The van der Waals surface area contributed by atoms with E-state index >= 15 is 0 Å². The molecule has 0 aliphatic heterocycles. The van der Waals surface area contributed by atoms with Crippen molar-refractivity contribution in [2.45, 2.75) is 10.0 Å². The number of carbonyl (C=O) groups is 1. The van der Waals surface area contributed by atoms with E-state index in [1.807, 2.05) is 24.3 Å². The van der Waals surface area contributed by atoms with Crippen LogP contribution in [0.4, 0.5) is 0 Å². The zero-order valence-electron chi connectivity index (χ0n) is 16.3. The second-order valence-electron chi connectivity index (χ2n) is 6.75. The molecule has 1 heterocycles. The summed E-state index contributed by atoms with van der Waals surface area (Å²) in [6.45, 7) is 0. The van der Waals surface area contributed by atoms with Gasteiger partial charge in [0.2, 0.25) is 10.0 Å². The SMILES string of the molecule is O=C(N[C@H](Oc1ccc2oc(=O)sc2c1-c1ccc(Br)cc1)C(Cl)(Cl)Cl)c1ccc(Br)cc1. The van der Waals surface area contributed by atoms with Gasteiger partial charge in [0.1, 0.15) is 11.3 Å². The highest BCUT2D eigenvalue weighted by Gasteiger charge is 2.37. The molecule has 3 aromatic carbocycles. The van der Waals surface area contributed by atoms with Crippen LogP contribution in [-0.4, -0.2) is 15.9 Å². The zero-order chi connectivity index (χ0) is 23.8. The maximum absolute atomic E-state index is 12.8. The van der Waals surface area contributed by atoms with E-state index in [-0.39, 0.29) is 0 Å². The molecule has 1 N–H and O–H groups in total. The Morgan fingerprint density at radius 2 is 1.58 bits per heavy atom. The Hall–Kier alpha value is -1.55. The molecule has 0 spiro atoms. The van der Waals surface area contributed by atoms with Crippen molar-refractivity contribution in [3.63, 3.8) is 0 Å². The lowest BCUT2D eigenvalue weighted by Crippen LogP contribution is -2.47. The molecular weight excluding hydrogens is 640 g/mol. The monoisotopic (exact) mass is 649 g/mol. The molecule has 0 aliphatic rings. The highest BCUT2D eigenvalue weighted by molar-refractivity contribution is 9.10. The number of amides is 1. The van der Waals surface area contributed by atoms with Crippen molar-refractivity contribution in [3.8, 4) is 16.9 Å². The Labute approximate surface area is 223 Å². The number of hydrogen-bond acceptors (Lipinski definition) is 5. The first-order chi connectivity index (χ1) is 15.6. The number of alkyl halides is 3. The molecule has 0 aliphatic carbocycles. The van der Waals surface area contributed by atoms with E-state index in [2.05, 4.69) is 37.2 Å². The molecule has 1 amide bonds. The Bertz CT molecular complexity index is 1370. The van der Waals surface area contributed by atoms with E-state index < -0.39 is 20.9 Å². The van der Waals surface area contributed by atoms with Crippen LogP contribution in [-0.2, 0) is 0 Å². The first-order valence-electron chi connectivity index (χ1n) is 9.24. The number of fused-ring (bicyclic) bond motifs is 1. The molecule has 1 aromatic heterocycles. The molecular formula is C22H12Br2Cl3NO4S. The van der Waals surface area contributed by atoms with Gasteiger partial charge in [-0.1, -0.05) is 90.1 Å². The fraction of sp³-hybridized carbons (Fsp3) is 0.0909. The van der Waals surface area contributed by atoms with E-state index in [1.165, 1.54) is 0 Å². The molecule has 0 saturated heterocycles. The van der Waals surface area contributed by atoms with Crippen LogP contribution in [0.5, 0.6) is 5.75 Å². The average Bonchev–Trinajstić information content (AvgIpc) is 3.14. The normalized spacial score (nSPS) is 12.5. The number of benzene rings is 3. The van der Waals surface area contributed by atoms with Crippen molar-refractivity contribution >= 4 is 94.2 Å². The van der Waals surface area contributed by atoms with Gasteiger partial charge in [0, 0.05) is 20.1 Å². The van der Waals surface area contributed by atoms with E-state index in [9.17, 15) is 9.59 Å². The topological polar surface area (TPSA) is 68.5 Å². The van der Waals surface area contributed by atoms with Gasteiger partial charge >= 0.3 is 4.94 Å². The van der Waals surface area contributed by atoms with E-state index in [0.717, 1.165) is 25.8 Å². The third-order valence-electron chi connectivity index (χ3n) is 4.51. The molecule has 33 heavy (non-hydrogen) atoms. The fourth-order valence-electron chi connectivity index (χ4n) is 3.02. The number of hydrogen-bond donors (Lipinski definition) is 1. The van der Waals surface area contributed by atoms with Crippen molar-refractivity contribution in [1.82, 2.24) is 5.32 Å². The lowest BCUT2D eigenvalue weighted by Gasteiger charge is -2.27. The van der Waals surface area contributed by atoms with E-state index in [1.54, 1.807) is 36.4 Å². The number of ether oxygens (including phenoxy) is 1. The lowest BCUT2D eigenvalue weighted by atomic mass is 10.0. The molecule has 0 bridgehead atoms. The van der Waals surface area contributed by atoms with Crippen LogP contribution in [0.25, 0.3) is 21.4 Å². The number of nitrogens with one attached hydrogen (secondary N) is 1. The summed E-state index contributed by atoms with van der Waals surface area (Å²) >= 11 is 26.1. The minimum absolute atomic E-state index is 0.300. The van der Waals surface area contributed by atoms with Gasteiger partial charge in [-0.15, -0.1) is 0 Å². The van der Waals surface area contributed by atoms with Crippen LogP contribution in [0, 0.1) is 0 Å². The average molecular weight is 653 g/mol. The van der Waals surface area contributed by atoms with E-state index in [4.69, 9.17) is 44.0 Å². The summed E-state index contributed by atoms with van der Waals surface area (Å²) in [4.78, 5) is 24.2. The van der Waals surface area contributed by atoms with Gasteiger partial charge in [0.25, 0.3) is 5.91 Å². The summed E-state index contributed by atoms with van der Waals surface area (Å²) in [6, 6.07) is 17.3. The predicted molar refractivity (Wildman–Crippen MR) is 140 cm³/mol. The first-order valence-corrected chi connectivity index (χ1v) is 12.8.